The highest BCUT2D eigenvalue weighted by Gasteiger charge is 2.19. The van der Waals surface area contributed by atoms with Gasteiger partial charge in [-0.1, -0.05) is 338 Å². The summed E-state index contributed by atoms with van der Waals surface area (Å²) in [4.78, 5) is 38.5. The molecule has 0 spiro atoms. The summed E-state index contributed by atoms with van der Waals surface area (Å²) in [6, 6.07) is 0. The summed E-state index contributed by atoms with van der Waals surface area (Å²) in [5.74, 6) is -0.866. The second kappa shape index (κ2) is 69.6. The van der Waals surface area contributed by atoms with Crippen molar-refractivity contribution in [2.75, 3.05) is 13.2 Å². The minimum absolute atomic E-state index is 0.0757. The maximum atomic E-state index is 13.0. The van der Waals surface area contributed by atoms with E-state index in [1.54, 1.807) is 0 Å². The summed E-state index contributed by atoms with van der Waals surface area (Å²) >= 11 is 0. The lowest BCUT2D eigenvalue weighted by Gasteiger charge is -2.18. The van der Waals surface area contributed by atoms with Crippen LogP contribution in [-0.4, -0.2) is 37.2 Å². The fraction of sp³-hybridized carbons (Fsp3) is 0.827. The first-order chi connectivity index (χ1) is 40.0. The van der Waals surface area contributed by atoms with Gasteiger partial charge in [0.2, 0.25) is 0 Å². The molecule has 0 rings (SSSR count). The zero-order valence-electron chi connectivity index (χ0n) is 54.3. The number of hydrogen-bond donors (Lipinski definition) is 0. The number of unbranched alkanes of at least 4 members (excludes halogenated alkanes) is 45. The molecule has 1 atom stereocenters. The summed E-state index contributed by atoms with van der Waals surface area (Å²) in [5, 5.41) is 0. The van der Waals surface area contributed by atoms with Crippen LogP contribution in [0.1, 0.15) is 380 Å². The van der Waals surface area contributed by atoms with Crippen LogP contribution in [-0.2, 0) is 28.6 Å². The molecule has 0 aliphatic carbocycles. The highest BCUT2D eigenvalue weighted by Crippen LogP contribution is 2.18. The number of rotatable bonds is 66. The molecule has 0 amide bonds. The van der Waals surface area contributed by atoms with E-state index in [4.69, 9.17) is 14.2 Å². The van der Waals surface area contributed by atoms with Crippen molar-refractivity contribution in [1.29, 1.82) is 0 Å². The zero-order chi connectivity index (χ0) is 58.5. The van der Waals surface area contributed by atoms with Gasteiger partial charge in [0.25, 0.3) is 0 Å². The normalized spacial score (nSPS) is 12.4. The number of ether oxygens (including phenoxy) is 3. The van der Waals surface area contributed by atoms with Crippen LogP contribution in [0, 0.1) is 0 Å². The third kappa shape index (κ3) is 67.8. The SMILES string of the molecule is CC/C=C\C/C=C\C/C=C\C/C=C\CCCCCCCCC(=O)OCC(COC(=O)CCCCCCCCCCCCCCCCCCCCCCCCC)OC(=O)CCCCCCCCCCC/C=C\CCCCCCCCCC. The molecule has 0 aliphatic rings. The maximum absolute atomic E-state index is 13.0. The molecular weight excluding hydrogens is 997 g/mol. The van der Waals surface area contributed by atoms with Crippen molar-refractivity contribution in [2.24, 2.45) is 0 Å². The van der Waals surface area contributed by atoms with E-state index in [0.29, 0.717) is 19.3 Å². The van der Waals surface area contributed by atoms with Gasteiger partial charge in [-0.3, -0.25) is 14.4 Å². The molecule has 0 N–H and O–H groups in total. The number of hydrogen-bond acceptors (Lipinski definition) is 6. The van der Waals surface area contributed by atoms with Crippen LogP contribution >= 0.6 is 0 Å². The van der Waals surface area contributed by atoms with Gasteiger partial charge < -0.3 is 14.2 Å². The molecule has 0 aliphatic heterocycles. The molecule has 472 valence electrons. The van der Waals surface area contributed by atoms with E-state index < -0.39 is 6.10 Å². The Kier molecular flexibility index (Phi) is 67.1. The summed E-state index contributed by atoms with van der Waals surface area (Å²) < 4.78 is 17.0. The van der Waals surface area contributed by atoms with Crippen molar-refractivity contribution in [3.8, 4) is 0 Å². The van der Waals surface area contributed by atoms with Gasteiger partial charge in [0.15, 0.2) is 6.10 Å². The molecule has 0 bridgehead atoms. The molecule has 0 aromatic heterocycles. The Bertz CT molecular complexity index is 1440. The Morgan fingerprint density at radius 1 is 0.259 bits per heavy atom. The lowest BCUT2D eigenvalue weighted by Crippen LogP contribution is -2.30. The predicted molar refractivity (Wildman–Crippen MR) is 353 cm³/mol. The molecule has 81 heavy (non-hydrogen) atoms. The van der Waals surface area contributed by atoms with Crippen LogP contribution in [0.15, 0.2) is 60.8 Å². The van der Waals surface area contributed by atoms with Gasteiger partial charge in [-0.2, -0.15) is 0 Å². The molecule has 6 heteroatoms. The van der Waals surface area contributed by atoms with Crippen LogP contribution < -0.4 is 0 Å². The monoisotopic (exact) mass is 1130 g/mol. The van der Waals surface area contributed by atoms with Gasteiger partial charge in [0, 0.05) is 19.3 Å². The first-order valence-corrected chi connectivity index (χ1v) is 35.8. The quantitative estimate of drug-likeness (QED) is 0.0261. The van der Waals surface area contributed by atoms with E-state index in [9.17, 15) is 14.4 Å². The Hall–Kier alpha value is -2.89. The minimum atomic E-state index is -0.782. The Morgan fingerprint density at radius 3 is 0.765 bits per heavy atom. The van der Waals surface area contributed by atoms with E-state index >= 15 is 0 Å². The molecule has 0 aromatic carbocycles. The van der Waals surface area contributed by atoms with Crippen molar-refractivity contribution in [3.05, 3.63) is 60.8 Å². The molecule has 0 fully saturated rings. The Labute approximate surface area is 504 Å². The van der Waals surface area contributed by atoms with Gasteiger partial charge in [0.05, 0.1) is 0 Å². The Balaban J connectivity index is 4.34. The number of esters is 3. The first kappa shape index (κ1) is 78.1. The summed E-state index contributed by atoms with van der Waals surface area (Å²) in [6.45, 7) is 6.59. The van der Waals surface area contributed by atoms with Gasteiger partial charge in [-0.25, -0.2) is 0 Å². The average Bonchev–Trinajstić information content (AvgIpc) is 3.47. The van der Waals surface area contributed by atoms with Crippen LogP contribution in [0.25, 0.3) is 0 Å². The maximum Gasteiger partial charge on any atom is 0.306 e. The number of carbonyl (C=O) groups excluding carboxylic acids is 3. The van der Waals surface area contributed by atoms with E-state index in [1.165, 1.54) is 250 Å². The van der Waals surface area contributed by atoms with Gasteiger partial charge in [-0.05, 0) is 83.5 Å². The third-order valence-electron chi connectivity index (χ3n) is 16.0. The first-order valence-electron chi connectivity index (χ1n) is 35.8. The second-order valence-electron chi connectivity index (χ2n) is 24.1. The highest BCUT2D eigenvalue weighted by atomic mass is 16.6. The summed E-state index contributed by atoms with van der Waals surface area (Å²) in [6.07, 6.45) is 89.6. The van der Waals surface area contributed by atoms with Crippen molar-refractivity contribution < 1.29 is 28.6 Å². The topological polar surface area (TPSA) is 78.9 Å². The van der Waals surface area contributed by atoms with Crippen LogP contribution in [0.5, 0.6) is 0 Å². The summed E-state index contributed by atoms with van der Waals surface area (Å²) in [5.41, 5.74) is 0. The van der Waals surface area contributed by atoms with Gasteiger partial charge in [0.1, 0.15) is 13.2 Å². The molecule has 0 heterocycles. The van der Waals surface area contributed by atoms with Crippen molar-refractivity contribution >= 4 is 17.9 Å². The second-order valence-corrected chi connectivity index (χ2v) is 24.1. The predicted octanol–water partition coefficient (Wildman–Crippen LogP) is 24.7. The number of carbonyl (C=O) groups is 3. The van der Waals surface area contributed by atoms with Gasteiger partial charge in [-0.15, -0.1) is 0 Å². The minimum Gasteiger partial charge on any atom is -0.462 e. The van der Waals surface area contributed by atoms with Crippen LogP contribution in [0.4, 0.5) is 0 Å². The third-order valence-corrected chi connectivity index (χ3v) is 16.0. The lowest BCUT2D eigenvalue weighted by molar-refractivity contribution is -0.167. The van der Waals surface area contributed by atoms with E-state index in [2.05, 4.69) is 81.5 Å². The molecule has 0 aromatic rings. The fourth-order valence-electron chi connectivity index (χ4n) is 10.7. The molecule has 0 saturated carbocycles. The van der Waals surface area contributed by atoms with Crippen LogP contribution in [0.2, 0.25) is 0 Å². The van der Waals surface area contributed by atoms with Gasteiger partial charge >= 0.3 is 17.9 Å². The average molecular weight is 1130 g/mol. The Morgan fingerprint density at radius 2 is 0.481 bits per heavy atom. The molecular formula is C75H136O6. The molecule has 1 unspecified atom stereocenters. The standard InChI is InChI=1S/C75H136O6/c1-4-7-10-13-16-19-22-25-28-31-34-36-37-39-41-44-47-50-53-56-59-62-65-68-74(77)80-71-72(70-79-73(76)67-64-61-58-55-52-49-46-43-40-33-30-27-24-21-18-15-12-9-6-3)81-75(78)69-66-63-60-57-54-51-48-45-42-38-35-32-29-26-23-20-17-14-11-8-5-2/h9,12,18,21,27,30,32,35,40,43,72H,4-8,10-11,13-17,19-20,22-26,28-29,31,33-34,36-39,41-42,44-71H2,1-3H3/b12-9-,21-18-,30-27-,35-32-,43-40-. The molecule has 6 nitrogen and oxygen atoms in total. The zero-order valence-corrected chi connectivity index (χ0v) is 54.3. The van der Waals surface area contributed by atoms with Crippen molar-refractivity contribution in [1.82, 2.24) is 0 Å². The molecule has 0 saturated heterocycles. The van der Waals surface area contributed by atoms with E-state index in [0.717, 1.165) is 89.9 Å². The van der Waals surface area contributed by atoms with Crippen LogP contribution in [0.3, 0.4) is 0 Å². The largest absolute Gasteiger partial charge is 0.462 e. The number of allylic oxidation sites excluding steroid dienone is 10. The highest BCUT2D eigenvalue weighted by molar-refractivity contribution is 5.71. The summed E-state index contributed by atoms with van der Waals surface area (Å²) in [7, 11) is 0. The molecule has 0 radical (unpaired) electrons. The lowest BCUT2D eigenvalue weighted by atomic mass is 10.0. The van der Waals surface area contributed by atoms with E-state index in [1.807, 2.05) is 0 Å². The van der Waals surface area contributed by atoms with Crippen molar-refractivity contribution in [3.63, 3.8) is 0 Å². The smallest absolute Gasteiger partial charge is 0.306 e. The fourth-order valence-corrected chi connectivity index (χ4v) is 10.7. The van der Waals surface area contributed by atoms with E-state index in [-0.39, 0.29) is 31.1 Å². The van der Waals surface area contributed by atoms with Crippen molar-refractivity contribution in [2.45, 2.75) is 386 Å².